The molecule has 1 atom stereocenters. The van der Waals surface area contributed by atoms with Gasteiger partial charge in [0, 0.05) is 13.0 Å². The molecule has 0 aromatic rings. The summed E-state index contributed by atoms with van der Waals surface area (Å²) in [5, 5.41) is 2.53. The Morgan fingerprint density at radius 3 is 2.31 bits per heavy atom. The number of carbonyl (C=O) groups excluding carboxylic acids is 1. The fourth-order valence-corrected chi connectivity index (χ4v) is 1.01. The van der Waals surface area contributed by atoms with Crippen molar-refractivity contribution in [2.75, 3.05) is 6.54 Å². The minimum atomic E-state index is -4.12. The van der Waals surface area contributed by atoms with Gasteiger partial charge in [0.05, 0.1) is 5.54 Å². The maximum Gasteiger partial charge on any atom is 0.389 e. The van der Waals surface area contributed by atoms with Crippen LogP contribution < -0.4 is 11.1 Å². The highest BCUT2D eigenvalue weighted by Gasteiger charge is 2.27. The van der Waals surface area contributed by atoms with E-state index in [1.807, 2.05) is 0 Å². The van der Waals surface area contributed by atoms with Gasteiger partial charge in [-0.25, -0.2) is 0 Å². The first-order valence-corrected chi connectivity index (χ1v) is 5.33. The summed E-state index contributed by atoms with van der Waals surface area (Å²) < 4.78 is 35.3. The van der Waals surface area contributed by atoms with Crippen LogP contribution in [-0.2, 0) is 4.79 Å². The number of unbranched alkanes of at least 4 members (excludes halogenated alkanes) is 1. The third-order valence-electron chi connectivity index (χ3n) is 2.43. The SMILES string of the molecule is CCC(C)(N)C(=O)NCCCCC(F)(F)F. The molecule has 1 unspecified atom stereocenters. The number of rotatable bonds is 6. The van der Waals surface area contributed by atoms with Crippen molar-refractivity contribution < 1.29 is 18.0 Å². The molecule has 16 heavy (non-hydrogen) atoms. The second-order valence-electron chi connectivity index (χ2n) is 4.10. The molecule has 0 aromatic heterocycles. The average molecular weight is 240 g/mol. The van der Waals surface area contributed by atoms with Crippen molar-refractivity contribution in [2.45, 2.75) is 51.2 Å². The van der Waals surface area contributed by atoms with Crippen molar-refractivity contribution in [1.82, 2.24) is 5.32 Å². The van der Waals surface area contributed by atoms with Crippen LogP contribution in [0.2, 0.25) is 0 Å². The predicted octanol–water partition coefficient (Wildman–Crippen LogP) is 1.96. The van der Waals surface area contributed by atoms with Crippen molar-refractivity contribution in [1.29, 1.82) is 0 Å². The van der Waals surface area contributed by atoms with Gasteiger partial charge in [-0.15, -0.1) is 0 Å². The van der Waals surface area contributed by atoms with Gasteiger partial charge in [0.2, 0.25) is 5.91 Å². The largest absolute Gasteiger partial charge is 0.389 e. The van der Waals surface area contributed by atoms with Crippen LogP contribution >= 0.6 is 0 Å². The van der Waals surface area contributed by atoms with Crippen LogP contribution in [0.5, 0.6) is 0 Å². The number of nitrogens with two attached hydrogens (primary N) is 1. The highest BCUT2D eigenvalue weighted by atomic mass is 19.4. The fourth-order valence-electron chi connectivity index (χ4n) is 1.01. The van der Waals surface area contributed by atoms with E-state index in [-0.39, 0.29) is 18.9 Å². The van der Waals surface area contributed by atoms with E-state index < -0.39 is 18.1 Å². The molecule has 0 saturated carbocycles. The summed E-state index contributed by atoms with van der Waals surface area (Å²) in [5.41, 5.74) is 4.71. The maximum absolute atomic E-state index is 11.8. The first-order chi connectivity index (χ1) is 7.19. The normalized spacial score (nSPS) is 15.6. The van der Waals surface area contributed by atoms with Crippen LogP contribution in [0.3, 0.4) is 0 Å². The van der Waals surface area contributed by atoms with Crippen molar-refractivity contribution in [2.24, 2.45) is 5.73 Å². The second kappa shape index (κ2) is 6.08. The van der Waals surface area contributed by atoms with Gasteiger partial charge in [-0.3, -0.25) is 4.79 Å². The zero-order valence-electron chi connectivity index (χ0n) is 9.66. The molecule has 96 valence electrons. The topological polar surface area (TPSA) is 55.1 Å². The minimum absolute atomic E-state index is 0.0250. The van der Waals surface area contributed by atoms with Gasteiger partial charge in [0.15, 0.2) is 0 Å². The van der Waals surface area contributed by atoms with E-state index in [0.29, 0.717) is 12.8 Å². The third-order valence-corrected chi connectivity index (χ3v) is 2.43. The molecule has 0 heterocycles. The van der Waals surface area contributed by atoms with E-state index in [9.17, 15) is 18.0 Å². The molecule has 0 aliphatic rings. The Labute approximate surface area is 93.6 Å². The molecule has 0 aliphatic carbocycles. The molecular formula is C10H19F3N2O. The summed E-state index contributed by atoms with van der Waals surface area (Å²) in [7, 11) is 0. The molecule has 0 fully saturated rings. The van der Waals surface area contributed by atoms with Gasteiger partial charge in [0.1, 0.15) is 0 Å². The summed E-state index contributed by atoms with van der Waals surface area (Å²) in [4.78, 5) is 11.4. The number of amides is 1. The highest BCUT2D eigenvalue weighted by molar-refractivity contribution is 5.85. The fraction of sp³-hybridized carbons (Fsp3) is 0.900. The van der Waals surface area contributed by atoms with Crippen molar-refractivity contribution >= 4 is 5.91 Å². The molecule has 0 aliphatic heterocycles. The lowest BCUT2D eigenvalue weighted by molar-refractivity contribution is -0.135. The highest BCUT2D eigenvalue weighted by Crippen LogP contribution is 2.21. The number of halogens is 3. The number of nitrogens with one attached hydrogen (secondary N) is 1. The quantitative estimate of drug-likeness (QED) is 0.697. The summed E-state index contributed by atoms with van der Waals surface area (Å²) in [6, 6.07) is 0. The number of hydrogen-bond donors (Lipinski definition) is 2. The summed E-state index contributed by atoms with van der Waals surface area (Å²) >= 11 is 0. The van der Waals surface area contributed by atoms with Crippen molar-refractivity contribution in [3.63, 3.8) is 0 Å². The Bertz CT molecular complexity index is 227. The van der Waals surface area contributed by atoms with Crippen LogP contribution in [0.15, 0.2) is 0 Å². The Balaban J connectivity index is 3.64. The lowest BCUT2D eigenvalue weighted by Crippen LogP contribution is -2.51. The van der Waals surface area contributed by atoms with E-state index in [2.05, 4.69) is 5.32 Å². The van der Waals surface area contributed by atoms with E-state index >= 15 is 0 Å². The number of alkyl halides is 3. The summed E-state index contributed by atoms with van der Waals surface area (Å²) in [6.45, 7) is 3.61. The molecule has 1 amide bonds. The monoisotopic (exact) mass is 240 g/mol. The molecule has 0 radical (unpaired) electrons. The third kappa shape index (κ3) is 6.66. The van der Waals surface area contributed by atoms with Gasteiger partial charge in [-0.2, -0.15) is 13.2 Å². The molecular weight excluding hydrogens is 221 g/mol. The Kier molecular flexibility index (Phi) is 5.78. The van der Waals surface area contributed by atoms with E-state index in [0.717, 1.165) is 0 Å². The lowest BCUT2D eigenvalue weighted by atomic mass is 9.99. The molecule has 0 spiro atoms. The van der Waals surface area contributed by atoms with Crippen molar-refractivity contribution in [3.05, 3.63) is 0 Å². The Morgan fingerprint density at radius 1 is 1.31 bits per heavy atom. The first kappa shape index (κ1) is 15.2. The standard InChI is InChI=1S/C10H19F3N2O/c1-3-9(2,14)8(16)15-7-5-4-6-10(11,12)13/h3-7,14H2,1-2H3,(H,15,16). The Hall–Kier alpha value is -0.780. The van der Waals surface area contributed by atoms with Gasteiger partial charge >= 0.3 is 6.18 Å². The molecule has 3 N–H and O–H groups in total. The minimum Gasteiger partial charge on any atom is -0.355 e. The average Bonchev–Trinajstić information content (AvgIpc) is 2.15. The Morgan fingerprint density at radius 2 is 1.88 bits per heavy atom. The van der Waals surface area contributed by atoms with Crippen molar-refractivity contribution in [3.8, 4) is 0 Å². The van der Waals surface area contributed by atoms with Gasteiger partial charge in [0.25, 0.3) is 0 Å². The summed E-state index contributed by atoms with van der Waals surface area (Å²) in [6.07, 6.45) is -4.10. The molecule has 0 rings (SSSR count). The zero-order valence-corrected chi connectivity index (χ0v) is 9.66. The predicted molar refractivity (Wildman–Crippen MR) is 55.8 cm³/mol. The maximum atomic E-state index is 11.8. The van der Waals surface area contributed by atoms with Crippen LogP contribution in [0.1, 0.15) is 39.5 Å². The molecule has 6 heteroatoms. The van der Waals surface area contributed by atoms with Gasteiger partial charge < -0.3 is 11.1 Å². The molecule has 0 bridgehead atoms. The van der Waals surface area contributed by atoms with E-state index in [4.69, 9.17) is 5.73 Å². The molecule has 3 nitrogen and oxygen atoms in total. The number of hydrogen-bond acceptors (Lipinski definition) is 2. The lowest BCUT2D eigenvalue weighted by Gasteiger charge is -2.21. The van der Waals surface area contributed by atoms with Gasteiger partial charge in [-0.1, -0.05) is 6.92 Å². The van der Waals surface area contributed by atoms with E-state index in [1.165, 1.54) is 0 Å². The summed E-state index contributed by atoms with van der Waals surface area (Å²) in [5.74, 6) is -0.318. The smallest absolute Gasteiger partial charge is 0.355 e. The van der Waals surface area contributed by atoms with E-state index in [1.54, 1.807) is 13.8 Å². The van der Waals surface area contributed by atoms with Crippen LogP contribution in [0.25, 0.3) is 0 Å². The van der Waals surface area contributed by atoms with Crippen LogP contribution in [-0.4, -0.2) is 24.2 Å². The number of carbonyl (C=O) groups is 1. The zero-order chi connectivity index (χ0) is 12.8. The molecule has 0 saturated heterocycles. The first-order valence-electron chi connectivity index (χ1n) is 5.33. The van der Waals surface area contributed by atoms with Crippen LogP contribution in [0.4, 0.5) is 13.2 Å². The van der Waals surface area contributed by atoms with Crippen LogP contribution in [0, 0.1) is 0 Å². The second-order valence-corrected chi connectivity index (χ2v) is 4.10. The van der Waals surface area contributed by atoms with Gasteiger partial charge in [-0.05, 0) is 26.2 Å². The molecule has 0 aromatic carbocycles.